The number of aliphatic hydroxyl groups excluding tert-OH is 2. The minimum atomic E-state index is -0.848. The van der Waals surface area contributed by atoms with Crippen LogP contribution in [0.4, 0.5) is 0 Å². The zero-order valence-corrected chi connectivity index (χ0v) is 47.0. The minimum absolute atomic E-state index is 0. The van der Waals surface area contributed by atoms with E-state index in [2.05, 4.69) is 86.4 Å². The molecule has 0 spiro atoms. The van der Waals surface area contributed by atoms with E-state index in [-0.39, 0.29) is 69.8 Å². The summed E-state index contributed by atoms with van der Waals surface area (Å²) in [4.78, 5) is 18.8. The molecule has 0 aliphatic heterocycles. The Kier molecular flexibility index (Phi) is 23.5. The molecule has 16 heteroatoms. The lowest BCUT2D eigenvalue weighted by molar-refractivity contribution is 0.129. The number of aromatic hydroxyl groups is 1. The summed E-state index contributed by atoms with van der Waals surface area (Å²) in [5.41, 5.74) is 4.21. The van der Waals surface area contributed by atoms with Gasteiger partial charge in [-0.25, -0.2) is 4.98 Å². The number of hydrogen-bond donors (Lipinski definition) is 6. The van der Waals surface area contributed by atoms with Gasteiger partial charge in [0.05, 0.1) is 52.0 Å². The van der Waals surface area contributed by atoms with Crippen molar-refractivity contribution in [2.24, 2.45) is 0 Å². The second kappa shape index (κ2) is 27.2. The fraction of sp³-hybridized carbons (Fsp3) is 0.509. The second-order valence-corrected chi connectivity index (χ2v) is 21.7. The molecule has 0 bridgehead atoms. The number of aromatic nitrogens is 2. The van der Waals surface area contributed by atoms with Crippen molar-refractivity contribution in [3.8, 4) is 28.2 Å². The van der Waals surface area contributed by atoms with Gasteiger partial charge in [0.25, 0.3) is 5.19 Å². The van der Waals surface area contributed by atoms with Crippen LogP contribution in [0, 0.1) is 0 Å². The SMILES string of the molecule is CCCCOc1ccc(CC(C)(C)NC[C@H](O)c2cc(O)cc3[nH]c(=O)sc23)cc1.CCCCOc1ccc(CC(C)(C)NC[C@H](O)c2cc(OC(C)(C)C)cc3nc(OC(C)C)sc23)cc1.Cl.I. The Bertz CT molecular complexity index is 2520. The average Bonchev–Trinajstić information content (AvgIpc) is 3.83. The number of aromatic amines is 1. The molecule has 0 unspecified atom stereocenters. The third kappa shape index (κ3) is 19.5. The van der Waals surface area contributed by atoms with Crippen molar-refractivity contribution in [2.45, 2.75) is 150 Å². The largest absolute Gasteiger partial charge is 0.508 e. The summed E-state index contributed by atoms with van der Waals surface area (Å²) in [6.07, 6.45) is 4.40. The lowest BCUT2D eigenvalue weighted by Crippen LogP contribution is -2.43. The van der Waals surface area contributed by atoms with Crippen LogP contribution >= 0.6 is 59.1 Å². The highest BCUT2D eigenvalue weighted by molar-refractivity contribution is 14.0. The van der Waals surface area contributed by atoms with Crippen molar-refractivity contribution >= 4 is 79.5 Å². The van der Waals surface area contributed by atoms with Gasteiger partial charge in [0, 0.05) is 47.4 Å². The van der Waals surface area contributed by atoms with Gasteiger partial charge < -0.3 is 49.9 Å². The molecule has 2 atom stereocenters. The van der Waals surface area contributed by atoms with Crippen LogP contribution in [0.2, 0.25) is 0 Å². The van der Waals surface area contributed by atoms with Crippen LogP contribution in [0.1, 0.15) is 136 Å². The number of fused-ring (bicyclic) bond motifs is 2. The maximum absolute atomic E-state index is 11.7. The quantitative estimate of drug-likeness (QED) is 0.0267. The molecule has 4 aromatic carbocycles. The number of thiazole rings is 2. The molecule has 6 aromatic rings. The highest BCUT2D eigenvalue weighted by Gasteiger charge is 2.25. The third-order valence-corrected chi connectivity index (χ3v) is 12.7. The molecular formula is C53H76ClIN4O8S2. The van der Waals surface area contributed by atoms with Gasteiger partial charge in [-0.15, -0.1) is 36.4 Å². The van der Waals surface area contributed by atoms with E-state index in [0.29, 0.717) is 39.8 Å². The predicted octanol–water partition coefficient (Wildman–Crippen LogP) is 12.2. The number of benzene rings is 4. The summed E-state index contributed by atoms with van der Waals surface area (Å²) in [6.45, 7) is 25.0. The number of rotatable bonds is 23. The molecule has 0 fully saturated rings. The topological polar surface area (TPSA) is 167 Å². The van der Waals surface area contributed by atoms with Crippen molar-refractivity contribution in [1.29, 1.82) is 0 Å². The fourth-order valence-electron chi connectivity index (χ4n) is 7.43. The first-order valence-corrected chi connectivity index (χ1v) is 25.2. The van der Waals surface area contributed by atoms with E-state index in [4.69, 9.17) is 18.9 Å². The maximum atomic E-state index is 11.7. The van der Waals surface area contributed by atoms with E-state index in [1.807, 2.05) is 71.0 Å². The van der Waals surface area contributed by atoms with E-state index < -0.39 is 12.2 Å². The van der Waals surface area contributed by atoms with Crippen LogP contribution < -0.4 is 34.5 Å². The Morgan fingerprint density at radius 3 is 1.65 bits per heavy atom. The molecule has 0 saturated carbocycles. The molecule has 69 heavy (non-hydrogen) atoms. The average molecular weight is 1120 g/mol. The van der Waals surface area contributed by atoms with E-state index in [1.54, 1.807) is 0 Å². The van der Waals surface area contributed by atoms with Crippen molar-refractivity contribution in [2.75, 3.05) is 26.3 Å². The molecule has 0 amide bonds. The lowest BCUT2D eigenvalue weighted by Gasteiger charge is -2.28. The van der Waals surface area contributed by atoms with Gasteiger partial charge in [0.1, 0.15) is 28.6 Å². The molecule has 0 aliphatic carbocycles. The van der Waals surface area contributed by atoms with Crippen LogP contribution in [-0.4, -0.2) is 74.4 Å². The van der Waals surface area contributed by atoms with Gasteiger partial charge in [-0.3, -0.25) is 4.79 Å². The summed E-state index contributed by atoms with van der Waals surface area (Å²) in [5, 5.41) is 39.5. The number of halogens is 2. The van der Waals surface area contributed by atoms with Crippen LogP contribution in [0.15, 0.2) is 77.6 Å². The number of phenols is 1. The first kappa shape index (κ1) is 59.6. The van der Waals surface area contributed by atoms with E-state index >= 15 is 0 Å². The summed E-state index contributed by atoms with van der Waals surface area (Å²) in [6, 6.07) is 23.3. The summed E-state index contributed by atoms with van der Waals surface area (Å²) in [5.74, 6) is 2.50. The van der Waals surface area contributed by atoms with Crippen LogP contribution in [-0.2, 0) is 12.8 Å². The first-order chi connectivity index (χ1) is 31.6. The van der Waals surface area contributed by atoms with Gasteiger partial charge in [-0.2, -0.15) is 0 Å². The third-order valence-electron chi connectivity index (χ3n) is 10.7. The number of aliphatic hydroxyl groups is 2. The number of unbranched alkanes of at least 4 members (excludes halogenated alkanes) is 2. The van der Waals surface area contributed by atoms with E-state index in [0.717, 1.165) is 90.4 Å². The van der Waals surface area contributed by atoms with Crippen molar-refractivity contribution < 1.29 is 34.3 Å². The maximum Gasteiger partial charge on any atom is 0.305 e. The Morgan fingerprint density at radius 2 is 1.19 bits per heavy atom. The zero-order valence-electron chi connectivity index (χ0n) is 42.2. The van der Waals surface area contributed by atoms with Crippen molar-refractivity contribution in [1.82, 2.24) is 20.6 Å². The first-order valence-electron chi connectivity index (χ1n) is 23.6. The number of phenolic OH excluding ortho intramolecular Hbond substituents is 1. The van der Waals surface area contributed by atoms with E-state index in [1.165, 1.54) is 34.6 Å². The number of hydrogen-bond acceptors (Lipinski definition) is 13. The Balaban J connectivity index is 0.000000362. The van der Waals surface area contributed by atoms with Crippen LogP contribution in [0.25, 0.3) is 20.4 Å². The summed E-state index contributed by atoms with van der Waals surface area (Å²) >= 11 is 2.50. The number of H-pyrrole nitrogens is 1. The number of ether oxygens (including phenoxy) is 4. The van der Waals surface area contributed by atoms with Gasteiger partial charge in [0.2, 0.25) is 0 Å². The predicted molar refractivity (Wildman–Crippen MR) is 298 cm³/mol. The minimum Gasteiger partial charge on any atom is -0.508 e. The summed E-state index contributed by atoms with van der Waals surface area (Å²) in [7, 11) is 0. The molecule has 0 saturated heterocycles. The number of nitrogens with zero attached hydrogens (tertiary/aromatic N) is 1. The molecule has 2 aromatic heterocycles. The van der Waals surface area contributed by atoms with Crippen molar-refractivity contribution in [3.63, 3.8) is 0 Å². The fourth-order valence-corrected chi connectivity index (χ4v) is 9.39. The number of nitrogens with one attached hydrogen (secondary N) is 3. The molecular weight excluding hydrogens is 1050 g/mol. The Hall–Kier alpha value is -3.68. The highest BCUT2D eigenvalue weighted by Crippen LogP contribution is 2.38. The summed E-state index contributed by atoms with van der Waals surface area (Å²) < 4.78 is 25.1. The standard InChI is InChI=1S/C30H44N2O4S.C23H30N2O4S.ClH.HI/c1-9-10-15-34-22-13-11-21(12-14-22)18-30(7,8)31-19-26(33)24-16-23(36-29(4,5)6)17-25-27(24)37-28(32-25)35-20(2)3;1-4-5-10-29-17-8-6-15(7-9-17)13-23(2,3)24-14-20(27)18-11-16(26)12-19-21(18)30-22(28)25-19;;/h11-14,16-17,20,26,31,33H,9-10,15,18-19H2,1-8H3;6-9,11-12,20,24,26-27H,4-5,10,13-14H2,1-3H3,(H,25,28);2*1H/t26-;20-;;/m00../s1. The molecule has 2 heterocycles. The van der Waals surface area contributed by atoms with Crippen LogP contribution in [0.3, 0.4) is 0 Å². The molecule has 382 valence electrons. The van der Waals surface area contributed by atoms with Gasteiger partial charge >= 0.3 is 4.87 Å². The smallest absolute Gasteiger partial charge is 0.305 e. The number of β-amino-alcohol motifs (C(OH)–C–C–N with tert-alkyl or cyclic N) is 2. The normalized spacial score (nSPS) is 12.7. The highest BCUT2D eigenvalue weighted by atomic mass is 127. The van der Waals surface area contributed by atoms with Crippen molar-refractivity contribution in [3.05, 3.63) is 105 Å². The Morgan fingerprint density at radius 1 is 0.696 bits per heavy atom. The van der Waals surface area contributed by atoms with E-state index in [9.17, 15) is 20.1 Å². The lowest BCUT2D eigenvalue weighted by atomic mass is 9.94. The molecule has 12 nitrogen and oxygen atoms in total. The molecule has 0 aliphatic rings. The van der Waals surface area contributed by atoms with Gasteiger partial charge in [0.15, 0.2) is 0 Å². The van der Waals surface area contributed by atoms with Crippen LogP contribution in [0.5, 0.6) is 28.2 Å². The Labute approximate surface area is 440 Å². The molecule has 6 rings (SSSR count). The van der Waals surface area contributed by atoms with Gasteiger partial charge in [-0.1, -0.05) is 73.6 Å². The molecule has 0 radical (unpaired) electrons. The molecule has 6 N–H and O–H groups in total. The monoisotopic (exact) mass is 1120 g/mol. The second-order valence-electron chi connectivity index (χ2n) is 19.8. The zero-order chi connectivity index (χ0) is 48.9. The van der Waals surface area contributed by atoms with Gasteiger partial charge in [-0.05, 0) is 136 Å².